The third kappa shape index (κ3) is 5.37. The highest BCUT2D eigenvalue weighted by Gasteiger charge is 2.31. The minimum Gasteiger partial charge on any atom is -0.356 e. The Morgan fingerprint density at radius 1 is 1.29 bits per heavy atom. The van der Waals surface area contributed by atoms with Crippen LogP contribution < -0.4 is 5.32 Å². The summed E-state index contributed by atoms with van der Waals surface area (Å²) in [6, 6.07) is 0.670. The van der Waals surface area contributed by atoms with Crippen molar-refractivity contribution < 1.29 is 0 Å². The van der Waals surface area contributed by atoms with Crippen molar-refractivity contribution in [1.29, 1.82) is 0 Å². The zero-order chi connectivity index (χ0) is 17.6. The van der Waals surface area contributed by atoms with Gasteiger partial charge >= 0.3 is 0 Å². The lowest BCUT2D eigenvalue weighted by atomic mass is 9.78. The third-order valence-corrected chi connectivity index (χ3v) is 5.98. The van der Waals surface area contributed by atoms with Gasteiger partial charge in [0.25, 0.3) is 0 Å². The first-order valence-electron chi connectivity index (χ1n) is 10.2. The van der Waals surface area contributed by atoms with Gasteiger partial charge in [0, 0.05) is 39.3 Å². The van der Waals surface area contributed by atoms with Gasteiger partial charge in [-0.1, -0.05) is 20.3 Å². The Bertz CT molecular complexity index is 402. The lowest BCUT2D eigenvalue weighted by Gasteiger charge is -2.42. The number of nitrogens with one attached hydrogen (secondary N) is 1. The molecule has 2 saturated heterocycles. The molecule has 0 aromatic rings. The van der Waals surface area contributed by atoms with Gasteiger partial charge in [0.05, 0.1) is 0 Å². The van der Waals surface area contributed by atoms with E-state index in [1.807, 2.05) is 7.05 Å². The maximum atomic E-state index is 4.59. The van der Waals surface area contributed by atoms with Crippen molar-refractivity contribution in [3.63, 3.8) is 0 Å². The largest absolute Gasteiger partial charge is 0.356 e. The van der Waals surface area contributed by atoms with Crippen LogP contribution in [0.5, 0.6) is 0 Å². The Labute approximate surface area is 150 Å². The zero-order valence-electron chi connectivity index (χ0n) is 16.8. The molecule has 2 atom stereocenters. The average molecular weight is 337 g/mol. The molecule has 2 rings (SSSR count). The molecule has 4 nitrogen and oxygen atoms in total. The van der Waals surface area contributed by atoms with Crippen LogP contribution in [0.1, 0.15) is 66.2 Å². The summed E-state index contributed by atoms with van der Waals surface area (Å²) in [6.45, 7) is 15.3. The van der Waals surface area contributed by atoms with E-state index in [4.69, 9.17) is 0 Å². The fourth-order valence-corrected chi connectivity index (χ4v) is 4.60. The Hall–Kier alpha value is -0.770. The summed E-state index contributed by atoms with van der Waals surface area (Å²) in [6.07, 6.45) is 7.94. The number of aliphatic imine (C=N–C) groups is 1. The van der Waals surface area contributed by atoms with E-state index in [1.165, 1.54) is 51.6 Å². The molecule has 2 fully saturated rings. The highest BCUT2D eigenvalue weighted by molar-refractivity contribution is 5.80. The van der Waals surface area contributed by atoms with Crippen LogP contribution in [0.4, 0.5) is 0 Å². The second-order valence-electron chi connectivity index (χ2n) is 8.61. The van der Waals surface area contributed by atoms with E-state index >= 15 is 0 Å². The van der Waals surface area contributed by atoms with Crippen molar-refractivity contribution in [1.82, 2.24) is 15.1 Å². The quantitative estimate of drug-likeness (QED) is 0.615. The van der Waals surface area contributed by atoms with Crippen molar-refractivity contribution >= 4 is 5.96 Å². The van der Waals surface area contributed by atoms with Crippen LogP contribution in [-0.4, -0.2) is 61.6 Å². The molecule has 0 spiro atoms. The predicted octanol–water partition coefficient (Wildman–Crippen LogP) is 3.58. The van der Waals surface area contributed by atoms with Crippen LogP contribution in [0.2, 0.25) is 0 Å². The summed E-state index contributed by atoms with van der Waals surface area (Å²) >= 11 is 0. The number of hydrogen-bond donors (Lipinski definition) is 1. The van der Waals surface area contributed by atoms with Gasteiger partial charge in [-0.15, -0.1) is 0 Å². The molecular weight excluding hydrogens is 296 g/mol. The van der Waals surface area contributed by atoms with Crippen LogP contribution in [0.25, 0.3) is 0 Å². The van der Waals surface area contributed by atoms with Gasteiger partial charge in [-0.05, 0) is 63.8 Å². The van der Waals surface area contributed by atoms with Crippen LogP contribution in [0.15, 0.2) is 4.99 Å². The topological polar surface area (TPSA) is 30.9 Å². The first-order chi connectivity index (χ1) is 11.5. The van der Waals surface area contributed by atoms with E-state index in [1.54, 1.807) is 0 Å². The van der Waals surface area contributed by atoms with Crippen LogP contribution in [0.3, 0.4) is 0 Å². The number of hydrogen-bond acceptors (Lipinski definition) is 2. The molecule has 4 heteroatoms. The van der Waals surface area contributed by atoms with E-state index in [9.17, 15) is 0 Å². The fraction of sp³-hybridized carbons (Fsp3) is 0.950. The summed E-state index contributed by atoms with van der Waals surface area (Å²) in [5.74, 6) is 1.88. The summed E-state index contributed by atoms with van der Waals surface area (Å²) in [7, 11) is 1.94. The SMILES string of the molecule is CCCC1(C)CCCN(C(=NC)NCC2CCCN(C(C)C)C2)C1. The molecule has 0 aromatic heterocycles. The summed E-state index contributed by atoms with van der Waals surface area (Å²) in [5.41, 5.74) is 0.462. The van der Waals surface area contributed by atoms with E-state index < -0.39 is 0 Å². The number of nitrogens with zero attached hydrogens (tertiary/aromatic N) is 3. The zero-order valence-corrected chi connectivity index (χ0v) is 16.8. The number of likely N-dealkylation sites (tertiary alicyclic amines) is 2. The smallest absolute Gasteiger partial charge is 0.193 e. The van der Waals surface area contributed by atoms with Gasteiger partial charge in [0.2, 0.25) is 0 Å². The first-order valence-corrected chi connectivity index (χ1v) is 10.2. The Balaban J connectivity index is 1.86. The molecule has 1 N–H and O–H groups in total. The first kappa shape index (κ1) is 19.6. The standard InChI is InChI=1S/C20H40N4/c1-6-10-20(4)11-8-13-24(16-20)19(21-5)22-14-18-9-7-12-23(15-18)17(2)3/h17-18H,6-16H2,1-5H3,(H,21,22). The van der Waals surface area contributed by atoms with Gasteiger partial charge < -0.3 is 15.1 Å². The average Bonchev–Trinajstić information content (AvgIpc) is 2.56. The maximum absolute atomic E-state index is 4.59. The molecule has 2 unspecified atom stereocenters. The molecule has 0 saturated carbocycles. The Morgan fingerprint density at radius 3 is 2.75 bits per heavy atom. The van der Waals surface area contributed by atoms with Gasteiger partial charge in [-0.25, -0.2) is 0 Å². The minimum atomic E-state index is 0.462. The molecule has 0 aromatic carbocycles. The molecule has 0 radical (unpaired) electrons. The van der Waals surface area contributed by atoms with Crippen LogP contribution in [0, 0.1) is 11.3 Å². The molecule has 0 bridgehead atoms. The normalized spacial score (nSPS) is 30.0. The Morgan fingerprint density at radius 2 is 2.08 bits per heavy atom. The monoisotopic (exact) mass is 336 g/mol. The van der Waals surface area contributed by atoms with Crippen LogP contribution >= 0.6 is 0 Å². The van der Waals surface area contributed by atoms with E-state index in [0.717, 1.165) is 31.5 Å². The van der Waals surface area contributed by atoms with Gasteiger partial charge in [0.1, 0.15) is 0 Å². The molecule has 2 aliphatic rings. The third-order valence-electron chi connectivity index (χ3n) is 5.98. The molecule has 0 amide bonds. The maximum Gasteiger partial charge on any atom is 0.193 e. The van der Waals surface area contributed by atoms with E-state index in [-0.39, 0.29) is 0 Å². The highest BCUT2D eigenvalue weighted by Crippen LogP contribution is 2.33. The van der Waals surface area contributed by atoms with Gasteiger partial charge in [-0.2, -0.15) is 0 Å². The highest BCUT2D eigenvalue weighted by atomic mass is 15.3. The van der Waals surface area contributed by atoms with Crippen molar-refractivity contribution in [3.05, 3.63) is 0 Å². The second-order valence-corrected chi connectivity index (χ2v) is 8.61. The van der Waals surface area contributed by atoms with Gasteiger partial charge in [0.15, 0.2) is 5.96 Å². The van der Waals surface area contributed by atoms with Crippen molar-refractivity contribution in [3.8, 4) is 0 Å². The number of guanidine groups is 1. The second kappa shape index (κ2) is 9.07. The Kier molecular flexibility index (Phi) is 7.39. The van der Waals surface area contributed by atoms with Crippen LogP contribution in [-0.2, 0) is 0 Å². The number of piperidine rings is 2. The van der Waals surface area contributed by atoms with Gasteiger partial charge in [-0.3, -0.25) is 4.99 Å². The predicted molar refractivity (Wildman–Crippen MR) is 105 cm³/mol. The summed E-state index contributed by atoms with van der Waals surface area (Å²) in [5, 5.41) is 3.70. The van der Waals surface area contributed by atoms with Crippen molar-refractivity contribution in [2.45, 2.75) is 72.3 Å². The van der Waals surface area contributed by atoms with E-state index in [0.29, 0.717) is 11.5 Å². The number of rotatable bonds is 5. The molecule has 2 aliphatic heterocycles. The molecule has 140 valence electrons. The lowest BCUT2D eigenvalue weighted by molar-refractivity contribution is 0.133. The summed E-state index contributed by atoms with van der Waals surface area (Å²) < 4.78 is 0. The fourth-order valence-electron chi connectivity index (χ4n) is 4.60. The minimum absolute atomic E-state index is 0.462. The van der Waals surface area contributed by atoms with Crippen molar-refractivity contribution in [2.24, 2.45) is 16.3 Å². The molecular formula is C20H40N4. The molecule has 24 heavy (non-hydrogen) atoms. The summed E-state index contributed by atoms with van der Waals surface area (Å²) in [4.78, 5) is 9.72. The molecule has 0 aliphatic carbocycles. The molecule has 2 heterocycles. The van der Waals surface area contributed by atoms with Crippen molar-refractivity contribution in [2.75, 3.05) is 39.8 Å². The van der Waals surface area contributed by atoms with E-state index in [2.05, 4.69) is 47.8 Å². The lowest BCUT2D eigenvalue weighted by Crippen LogP contribution is -2.51.